The lowest BCUT2D eigenvalue weighted by molar-refractivity contribution is -0.129. The van der Waals surface area contributed by atoms with E-state index in [1.165, 1.54) is 32.1 Å². The van der Waals surface area contributed by atoms with E-state index in [4.69, 9.17) is 5.26 Å². The van der Waals surface area contributed by atoms with Crippen LogP contribution in [0.1, 0.15) is 84.6 Å². The van der Waals surface area contributed by atoms with Crippen molar-refractivity contribution in [2.24, 2.45) is 46.8 Å². The Morgan fingerprint density at radius 3 is 2.66 bits per heavy atom. The third kappa shape index (κ3) is 3.53. The molecular formula is C27H41N3O2. The Labute approximate surface area is 193 Å². The van der Waals surface area contributed by atoms with Crippen molar-refractivity contribution in [1.82, 2.24) is 9.78 Å². The van der Waals surface area contributed by atoms with Gasteiger partial charge in [-0.25, -0.2) is 0 Å². The second-order valence-corrected chi connectivity index (χ2v) is 12.8. The number of nitriles is 1. The molecule has 5 nitrogen and oxygen atoms in total. The van der Waals surface area contributed by atoms with Crippen LogP contribution in [-0.2, 0) is 6.54 Å². The maximum atomic E-state index is 11.7. The maximum absolute atomic E-state index is 11.7. The molecule has 0 aliphatic heterocycles. The van der Waals surface area contributed by atoms with E-state index < -0.39 is 11.2 Å². The number of aliphatic hydroxyl groups is 2. The molecule has 4 saturated carbocycles. The Morgan fingerprint density at radius 1 is 1.19 bits per heavy atom. The van der Waals surface area contributed by atoms with Gasteiger partial charge in [0, 0.05) is 6.20 Å². The van der Waals surface area contributed by atoms with Gasteiger partial charge in [-0.05, 0) is 112 Å². The summed E-state index contributed by atoms with van der Waals surface area (Å²) in [7, 11) is 0. The quantitative estimate of drug-likeness (QED) is 0.711. The van der Waals surface area contributed by atoms with Gasteiger partial charge in [0.2, 0.25) is 0 Å². The Kier molecular flexibility index (Phi) is 5.30. The van der Waals surface area contributed by atoms with Crippen LogP contribution < -0.4 is 0 Å². The predicted molar refractivity (Wildman–Crippen MR) is 123 cm³/mol. The third-order valence-electron chi connectivity index (χ3n) is 10.5. The Morgan fingerprint density at radius 2 is 1.94 bits per heavy atom. The smallest absolute Gasteiger partial charge is 0.102 e. The molecule has 10 atom stereocenters. The highest BCUT2D eigenvalue weighted by Crippen LogP contribution is 2.67. The van der Waals surface area contributed by atoms with Crippen molar-refractivity contribution in [2.75, 3.05) is 0 Å². The summed E-state index contributed by atoms with van der Waals surface area (Å²) in [5.41, 5.74) is -0.597. The first-order valence-corrected chi connectivity index (χ1v) is 12.9. The van der Waals surface area contributed by atoms with E-state index in [-0.39, 0.29) is 11.3 Å². The van der Waals surface area contributed by atoms with Gasteiger partial charge in [-0.15, -0.1) is 0 Å². The monoisotopic (exact) mass is 439 g/mol. The highest BCUT2D eigenvalue weighted by atomic mass is 16.3. The summed E-state index contributed by atoms with van der Waals surface area (Å²) in [6, 6.07) is 2.14. The number of hydrogen-bond acceptors (Lipinski definition) is 4. The SMILES string of the molecule is C[C@@H]1C[C@H](C(C)(O)Cn2cc(C#N)cn2)[C@@]2(C)CC[C@H]3[C@@H](CC[C@@H]4C[C@](C)(O)CC[C@@H]43)[C@H]12. The average molecular weight is 440 g/mol. The van der Waals surface area contributed by atoms with Crippen molar-refractivity contribution in [1.29, 1.82) is 5.26 Å². The van der Waals surface area contributed by atoms with Crippen molar-refractivity contribution in [2.45, 2.75) is 96.8 Å². The number of rotatable bonds is 3. The van der Waals surface area contributed by atoms with Crippen LogP contribution in [-0.4, -0.2) is 31.2 Å². The topological polar surface area (TPSA) is 82.1 Å². The lowest BCUT2D eigenvalue weighted by Gasteiger charge is -2.58. The molecule has 1 unspecified atom stereocenters. The summed E-state index contributed by atoms with van der Waals surface area (Å²) < 4.78 is 1.75. The number of hydrogen-bond donors (Lipinski definition) is 2. The highest BCUT2D eigenvalue weighted by Gasteiger charge is 2.62. The lowest BCUT2D eigenvalue weighted by atomic mass is 9.47. The van der Waals surface area contributed by atoms with E-state index >= 15 is 0 Å². The van der Waals surface area contributed by atoms with E-state index in [0.29, 0.717) is 29.9 Å². The third-order valence-corrected chi connectivity index (χ3v) is 10.5. The molecule has 0 saturated heterocycles. The molecule has 4 fully saturated rings. The fourth-order valence-corrected chi connectivity index (χ4v) is 9.53. The predicted octanol–water partition coefficient (Wildman–Crippen LogP) is 4.77. The van der Waals surface area contributed by atoms with Crippen LogP contribution in [0.25, 0.3) is 0 Å². The summed E-state index contributed by atoms with van der Waals surface area (Å²) in [6.45, 7) is 9.39. The fourth-order valence-electron chi connectivity index (χ4n) is 9.53. The Bertz CT molecular complexity index is 899. The summed E-state index contributed by atoms with van der Waals surface area (Å²) in [5, 5.41) is 35.9. The van der Waals surface area contributed by atoms with Crippen molar-refractivity contribution >= 4 is 0 Å². The summed E-state index contributed by atoms with van der Waals surface area (Å²) >= 11 is 0. The van der Waals surface area contributed by atoms with E-state index in [0.717, 1.165) is 37.0 Å². The molecule has 4 aliphatic rings. The van der Waals surface area contributed by atoms with E-state index in [2.05, 4.69) is 25.0 Å². The van der Waals surface area contributed by atoms with Crippen molar-refractivity contribution in [3.63, 3.8) is 0 Å². The molecule has 0 spiro atoms. The second kappa shape index (κ2) is 7.57. The largest absolute Gasteiger partial charge is 0.390 e. The Balaban J connectivity index is 1.37. The molecule has 1 aromatic heterocycles. The molecule has 0 amide bonds. The van der Waals surface area contributed by atoms with Gasteiger partial charge in [-0.2, -0.15) is 10.4 Å². The summed E-state index contributed by atoms with van der Waals surface area (Å²) in [4.78, 5) is 0. The minimum atomic E-state index is -0.843. The number of nitrogens with zero attached hydrogens (tertiary/aromatic N) is 3. The van der Waals surface area contributed by atoms with Gasteiger partial charge < -0.3 is 10.2 Å². The minimum Gasteiger partial charge on any atom is -0.390 e. The first kappa shape index (κ1) is 22.4. The molecule has 176 valence electrons. The molecular weight excluding hydrogens is 398 g/mol. The van der Waals surface area contributed by atoms with Gasteiger partial charge in [0.25, 0.3) is 0 Å². The van der Waals surface area contributed by atoms with Crippen molar-refractivity contribution in [3.05, 3.63) is 18.0 Å². The van der Waals surface area contributed by atoms with Gasteiger partial charge in [0.15, 0.2) is 0 Å². The van der Waals surface area contributed by atoms with Gasteiger partial charge >= 0.3 is 0 Å². The number of aromatic nitrogens is 2. The molecule has 0 radical (unpaired) electrons. The summed E-state index contributed by atoms with van der Waals surface area (Å²) in [6.07, 6.45) is 12.6. The average Bonchev–Trinajstić information content (AvgIpc) is 3.28. The molecule has 2 N–H and O–H groups in total. The van der Waals surface area contributed by atoms with Gasteiger partial charge in [-0.1, -0.05) is 13.8 Å². The zero-order chi connectivity index (χ0) is 22.9. The normalized spacial score (nSPS) is 47.6. The highest BCUT2D eigenvalue weighted by molar-refractivity contribution is 5.22. The first-order valence-electron chi connectivity index (χ1n) is 12.9. The van der Waals surface area contributed by atoms with E-state index in [1.54, 1.807) is 17.1 Å². The van der Waals surface area contributed by atoms with Crippen molar-refractivity contribution < 1.29 is 10.2 Å². The van der Waals surface area contributed by atoms with Crippen LogP contribution in [0.4, 0.5) is 0 Å². The van der Waals surface area contributed by atoms with Crippen molar-refractivity contribution in [3.8, 4) is 6.07 Å². The molecule has 1 aromatic rings. The van der Waals surface area contributed by atoms with Crippen LogP contribution in [0.15, 0.2) is 12.4 Å². The zero-order valence-corrected chi connectivity index (χ0v) is 20.3. The van der Waals surface area contributed by atoms with Crippen LogP contribution in [0.2, 0.25) is 0 Å². The van der Waals surface area contributed by atoms with Crippen LogP contribution in [0, 0.1) is 58.2 Å². The second-order valence-electron chi connectivity index (χ2n) is 12.8. The van der Waals surface area contributed by atoms with Crippen LogP contribution in [0.5, 0.6) is 0 Å². The van der Waals surface area contributed by atoms with Crippen LogP contribution in [0.3, 0.4) is 0 Å². The van der Waals surface area contributed by atoms with Gasteiger partial charge in [0.1, 0.15) is 6.07 Å². The number of fused-ring (bicyclic) bond motifs is 5. The zero-order valence-electron chi connectivity index (χ0n) is 20.3. The molecule has 0 aromatic carbocycles. The van der Waals surface area contributed by atoms with Crippen LogP contribution >= 0.6 is 0 Å². The molecule has 1 heterocycles. The van der Waals surface area contributed by atoms with E-state index in [1.807, 2.05) is 13.8 Å². The lowest BCUT2D eigenvalue weighted by Crippen LogP contribution is -2.54. The first-order chi connectivity index (χ1) is 15.0. The molecule has 32 heavy (non-hydrogen) atoms. The fraction of sp³-hybridized carbons (Fsp3) is 0.852. The minimum absolute atomic E-state index is 0.155. The molecule has 4 aliphatic carbocycles. The van der Waals surface area contributed by atoms with Gasteiger partial charge in [-0.3, -0.25) is 4.68 Å². The molecule has 5 rings (SSSR count). The summed E-state index contributed by atoms with van der Waals surface area (Å²) in [5.74, 6) is 4.61. The van der Waals surface area contributed by atoms with E-state index in [9.17, 15) is 10.2 Å². The van der Waals surface area contributed by atoms with Gasteiger partial charge in [0.05, 0.1) is 29.5 Å². The maximum Gasteiger partial charge on any atom is 0.102 e. The Hall–Kier alpha value is -1.38. The molecule has 5 heteroatoms. The standard InChI is InChI=1S/C27H41N3O2/c1-17-11-23(27(4,32)16-30-15-18(13-28)14-29-30)26(3)10-8-21-20-7-9-25(2,31)12-19(20)5-6-22(21)24(17)26/h14-15,17,19-24,31-32H,5-12,16H2,1-4H3/t17-,19-,20+,21-,22-,23+,24+,25-,26-,27?/m1/s1. The molecule has 0 bridgehead atoms.